The quantitative estimate of drug-likeness (QED) is 0.504. The molecule has 32 heavy (non-hydrogen) atoms. The van der Waals surface area contributed by atoms with Crippen molar-refractivity contribution in [2.75, 3.05) is 6.54 Å². The molecule has 1 aliphatic rings. The first kappa shape index (κ1) is 20.4. The lowest BCUT2D eigenvalue weighted by Crippen LogP contribution is -2.34. The van der Waals surface area contributed by atoms with Gasteiger partial charge in [0.25, 0.3) is 11.5 Å². The van der Waals surface area contributed by atoms with E-state index >= 15 is 0 Å². The normalized spacial score (nSPS) is 18.8. The minimum absolute atomic E-state index is 0.0853. The van der Waals surface area contributed by atoms with Crippen LogP contribution < -0.4 is 10.9 Å². The number of nitrogens with zero attached hydrogens (tertiary/aromatic N) is 2. The van der Waals surface area contributed by atoms with Crippen LogP contribution in [0.25, 0.3) is 21.8 Å². The van der Waals surface area contributed by atoms with Gasteiger partial charge in [0.05, 0.1) is 10.9 Å². The van der Waals surface area contributed by atoms with Gasteiger partial charge >= 0.3 is 0 Å². The number of carbonyl (C=O) groups excluding carboxylic acids is 1. The maximum atomic E-state index is 14.8. The number of pyridine rings is 1. The van der Waals surface area contributed by atoms with Gasteiger partial charge in [0.2, 0.25) is 0 Å². The first-order valence-corrected chi connectivity index (χ1v) is 11.0. The third-order valence-electron chi connectivity index (χ3n) is 6.49. The van der Waals surface area contributed by atoms with Crippen molar-refractivity contribution in [2.45, 2.75) is 38.6 Å². The number of amides is 1. The SMILES string of the molecule is Cc1onc2c1c(=O)n(C1CCCC(CNC(=O)c3ccccc3)C1)c1cccc(F)c21. The first-order valence-electron chi connectivity index (χ1n) is 11.0. The van der Waals surface area contributed by atoms with E-state index in [9.17, 15) is 14.0 Å². The molecule has 2 unspecified atom stereocenters. The van der Waals surface area contributed by atoms with Crippen LogP contribution in [0.4, 0.5) is 4.39 Å². The summed E-state index contributed by atoms with van der Waals surface area (Å²) in [7, 11) is 0. The summed E-state index contributed by atoms with van der Waals surface area (Å²) in [6.07, 6.45) is 3.46. The number of carbonyl (C=O) groups is 1. The molecule has 0 spiro atoms. The maximum Gasteiger partial charge on any atom is 0.264 e. The molecule has 1 aliphatic carbocycles. The summed E-state index contributed by atoms with van der Waals surface area (Å²) in [6, 6.07) is 13.8. The average Bonchev–Trinajstić information content (AvgIpc) is 3.20. The first-order chi connectivity index (χ1) is 15.5. The topological polar surface area (TPSA) is 77.1 Å². The second-order valence-corrected chi connectivity index (χ2v) is 8.53. The predicted octanol–water partition coefficient (Wildman–Crippen LogP) is 4.75. The van der Waals surface area contributed by atoms with E-state index in [1.165, 1.54) is 6.07 Å². The lowest BCUT2D eigenvalue weighted by Gasteiger charge is -2.31. The molecule has 2 heterocycles. The Kier molecular flexibility index (Phi) is 5.25. The van der Waals surface area contributed by atoms with E-state index in [2.05, 4.69) is 10.5 Å². The van der Waals surface area contributed by atoms with E-state index in [0.29, 0.717) is 34.2 Å². The molecule has 5 rings (SSSR count). The molecule has 4 aromatic rings. The molecule has 0 aliphatic heterocycles. The largest absolute Gasteiger partial charge is 0.360 e. The lowest BCUT2D eigenvalue weighted by atomic mass is 9.85. The molecule has 1 fully saturated rings. The van der Waals surface area contributed by atoms with Gasteiger partial charge in [0.1, 0.15) is 22.5 Å². The summed E-state index contributed by atoms with van der Waals surface area (Å²) in [5.41, 5.74) is 1.25. The van der Waals surface area contributed by atoms with Crippen molar-refractivity contribution in [1.82, 2.24) is 15.0 Å². The summed E-state index contributed by atoms with van der Waals surface area (Å²) in [6.45, 7) is 2.22. The second-order valence-electron chi connectivity index (χ2n) is 8.53. The van der Waals surface area contributed by atoms with Gasteiger partial charge in [-0.05, 0) is 56.4 Å². The number of aromatic nitrogens is 2. The van der Waals surface area contributed by atoms with Crippen LogP contribution in [0, 0.1) is 18.7 Å². The molecule has 0 saturated heterocycles. The highest BCUT2D eigenvalue weighted by Gasteiger charge is 2.28. The molecule has 2 aromatic heterocycles. The van der Waals surface area contributed by atoms with Crippen molar-refractivity contribution in [3.05, 3.63) is 76.0 Å². The minimum Gasteiger partial charge on any atom is -0.360 e. The van der Waals surface area contributed by atoms with E-state index < -0.39 is 5.82 Å². The van der Waals surface area contributed by atoms with Gasteiger partial charge in [-0.1, -0.05) is 35.8 Å². The van der Waals surface area contributed by atoms with Crippen LogP contribution in [-0.2, 0) is 0 Å². The molecule has 1 amide bonds. The Balaban J connectivity index is 1.46. The predicted molar refractivity (Wildman–Crippen MR) is 120 cm³/mol. The highest BCUT2D eigenvalue weighted by molar-refractivity contribution is 6.04. The van der Waals surface area contributed by atoms with Crippen LogP contribution >= 0.6 is 0 Å². The summed E-state index contributed by atoms with van der Waals surface area (Å²) >= 11 is 0. The number of fused-ring (bicyclic) bond motifs is 3. The lowest BCUT2D eigenvalue weighted by molar-refractivity contribution is 0.0940. The fourth-order valence-electron chi connectivity index (χ4n) is 4.95. The second kappa shape index (κ2) is 8.22. The van der Waals surface area contributed by atoms with E-state index in [1.54, 1.807) is 35.8 Å². The number of hydrogen-bond acceptors (Lipinski definition) is 4. The Morgan fingerprint density at radius 3 is 2.78 bits per heavy atom. The minimum atomic E-state index is -0.419. The molecule has 2 atom stereocenters. The average molecular weight is 433 g/mol. The highest BCUT2D eigenvalue weighted by Crippen LogP contribution is 2.35. The zero-order chi connectivity index (χ0) is 22.2. The molecule has 2 aromatic carbocycles. The zero-order valence-electron chi connectivity index (χ0n) is 17.8. The van der Waals surface area contributed by atoms with Gasteiger partial charge in [0.15, 0.2) is 0 Å². The molecule has 6 nitrogen and oxygen atoms in total. The smallest absolute Gasteiger partial charge is 0.264 e. The molecule has 0 bridgehead atoms. The molecule has 7 heteroatoms. The Morgan fingerprint density at radius 1 is 1.16 bits per heavy atom. The van der Waals surface area contributed by atoms with Gasteiger partial charge < -0.3 is 14.4 Å². The van der Waals surface area contributed by atoms with Gasteiger partial charge in [0, 0.05) is 18.2 Å². The van der Waals surface area contributed by atoms with Crippen molar-refractivity contribution < 1.29 is 13.7 Å². The third-order valence-corrected chi connectivity index (χ3v) is 6.49. The zero-order valence-corrected chi connectivity index (χ0v) is 17.8. The standard InChI is InChI=1S/C25H24FN3O3/c1-15-21-23(28-32-15)22-19(26)11-6-12-20(22)29(25(21)31)18-10-5-7-16(13-18)14-27-24(30)17-8-3-2-4-9-17/h2-4,6,8-9,11-12,16,18H,5,7,10,13-14H2,1H3,(H,27,30). The Morgan fingerprint density at radius 2 is 1.97 bits per heavy atom. The fourth-order valence-corrected chi connectivity index (χ4v) is 4.95. The summed E-state index contributed by atoms with van der Waals surface area (Å²) in [4.78, 5) is 25.9. The van der Waals surface area contributed by atoms with Crippen LogP contribution in [-0.4, -0.2) is 22.2 Å². The third kappa shape index (κ3) is 3.47. The molecule has 1 N–H and O–H groups in total. The number of aryl methyl sites for hydroxylation is 1. The van der Waals surface area contributed by atoms with Crippen molar-refractivity contribution in [3.63, 3.8) is 0 Å². The van der Waals surface area contributed by atoms with Crippen LogP contribution in [0.5, 0.6) is 0 Å². The number of rotatable bonds is 4. The number of benzene rings is 2. The fraction of sp³-hybridized carbons (Fsp3) is 0.320. The molecular formula is C25H24FN3O3. The molecule has 164 valence electrons. The van der Waals surface area contributed by atoms with Crippen molar-refractivity contribution in [1.29, 1.82) is 0 Å². The Bertz CT molecular complexity index is 1360. The van der Waals surface area contributed by atoms with Crippen LogP contribution in [0.1, 0.15) is 47.8 Å². The van der Waals surface area contributed by atoms with Crippen molar-refractivity contribution in [2.24, 2.45) is 5.92 Å². The van der Waals surface area contributed by atoms with Gasteiger partial charge in [-0.2, -0.15) is 0 Å². The van der Waals surface area contributed by atoms with Gasteiger partial charge in [-0.25, -0.2) is 4.39 Å². The summed E-state index contributed by atoms with van der Waals surface area (Å²) < 4.78 is 21.8. The number of hydrogen-bond donors (Lipinski definition) is 1. The van der Waals surface area contributed by atoms with Crippen molar-refractivity contribution >= 4 is 27.7 Å². The van der Waals surface area contributed by atoms with E-state index in [4.69, 9.17) is 4.52 Å². The monoisotopic (exact) mass is 433 g/mol. The Labute approximate surface area is 184 Å². The molecular weight excluding hydrogens is 409 g/mol. The van der Waals surface area contributed by atoms with E-state index in [0.717, 1.165) is 25.7 Å². The van der Waals surface area contributed by atoms with Gasteiger partial charge in [-0.3, -0.25) is 9.59 Å². The maximum absolute atomic E-state index is 14.8. The highest BCUT2D eigenvalue weighted by atomic mass is 19.1. The van der Waals surface area contributed by atoms with Crippen LogP contribution in [0.15, 0.2) is 57.8 Å². The van der Waals surface area contributed by atoms with E-state index in [1.807, 2.05) is 18.2 Å². The van der Waals surface area contributed by atoms with Crippen LogP contribution in [0.2, 0.25) is 0 Å². The number of halogens is 1. The summed E-state index contributed by atoms with van der Waals surface area (Å²) in [5, 5.41) is 7.65. The molecule has 1 saturated carbocycles. The molecule has 0 radical (unpaired) electrons. The Hall–Kier alpha value is -3.48. The summed E-state index contributed by atoms with van der Waals surface area (Å²) in [5.74, 6) is 0.110. The van der Waals surface area contributed by atoms with Crippen LogP contribution in [0.3, 0.4) is 0 Å². The van der Waals surface area contributed by atoms with E-state index in [-0.39, 0.29) is 28.9 Å². The van der Waals surface area contributed by atoms with Crippen molar-refractivity contribution in [3.8, 4) is 0 Å². The van der Waals surface area contributed by atoms with Gasteiger partial charge in [-0.15, -0.1) is 0 Å². The number of nitrogens with one attached hydrogen (secondary N) is 1.